The fourth-order valence-electron chi connectivity index (χ4n) is 5.67. The molecule has 1 amide bonds. The number of rotatable bonds is 11. The van der Waals surface area contributed by atoms with Gasteiger partial charge in [-0.05, 0) is 84.7 Å². The van der Waals surface area contributed by atoms with Gasteiger partial charge in [0, 0.05) is 17.7 Å². The molecule has 1 aliphatic rings. The van der Waals surface area contributed by atoms with Crippen LogP contribution in [0.15, 0.2) is 78.9 Å². The average molecular weight is 512 g/mol. The quantitative estimate of drug-likeness (QED) is 0.202. The second-order valence-corrected chi connectivity index (χ2v) is 11.0. The zero-order valence-electron chi connectivity index (χ0n) is 23.1. The predicted molar refractivity (Wildman–Crippen MR) is 158 cm³/mol. The van der Waals surface area contributed by atoms with Crippen molar-refractivity contribution < 1.29 is 9.18 Å². The Kier molecular flexibility index (Phi) is 9.92. The second kappa shape index (κ2) is 13.6. The number of hydrogen-bond acceptors (Lipinski definition) is 1. The molecule has 38 heavy (non-hydrogen) atoms. The van der Waals surface area contributed by atoms with Crippen molar-refractivity contribution in [1.29, 1.82) is 0 Å². The first kappa shape index (κ1) is 27.8. The fourth-order valence-corrected chi connectivity index (χ4v) is 5.67. The number of amides is 1. The van der Waals surface area contributed by atoms with Gasteiger partial charge >= 0.3 is 0 Å². The Morgan fingerprint density at radius 3 is 2.18 bits per heavy atom. The van der Waals surface area contributed by atoms with Crippen LogP contribution in [-0.2, 0) is 11.2 Å². The Bertz CT molecular complexity index is 1200. The molecule has 0 radical (unpaired) electrons. The molecule has 0 aromatic heterocycles. The van der Waals surface area contributed by atoms with Crippen LogP contribution < -0.4 is 5.32 Å². The third kappa shape index (κ3) is 7.43. The van der Waals surface area contributed by atoms with Gasteiger partial charge in [0.2, 0.25) is 5.91 Å². The summed E-state index contributed by atoms with van der Waals surface area (Å²) in [4.78, 5) is 11.6. The van der Waals surface area contributed by atoms with E-state index in [1.165, 1.54) is 56.9 Å². The maximum Gasteiger partial charge on any atom is 0.246 e. The SMILES string of the molecule is C=C(C)C(=O)NCCc1ccc(-c2ccc(-c3ccc(C4CCC(CCCCC)CC4)cc3)cc2F)cc1. The summed E-state index contributed by atoms with van der Waals surface area (Å²) >= 11 is 0. The minimum Gasteiger partial charge on any atom is -0.352 e. The summed E-state index contributed by atoms with van der Waals surface area (Å²) in [6.07, 6.45) is 11.5. The number of halogens is 1. The van der Waals surface area contributed by atoms with Gasteiger partial charge < -0.3 is 5.32 Å². The lowest BCUT2D eigenvalue weighted by Gasteiger charge is -2.29. The number of carbonyl (C=O) groups is 1. The molecule has 0 bridgehead atoms. The highest BCUT2D eigenvalue weighted by Gasteiger charge is 2.22. The molecule has 1 aliphatic carbocycles. The minimum absolute atomic E-state index is 0.126. The average Bonchev–Trinajstić information content (AvgIpc) is 2.94. The van der Waals surface area contributed by atoms with E-state index in [4.69, 9.17) is 0 Å². The van der Waals surface area contributed by atoms with Crippen molar-refractivity contribution in [2.75, 3.05) is 6.54 Å². The Labute approximate surface area is 228 Å². The van der Waals surface area contributed by atoms with E-state index in [1.807, 2.05) is 36.4 Å². The highest BCUT2D eigenvalue weighted by atomic mass is 19.1. The standard InChI is InChI=1S/C35H42FNO/c1-4-5-6-7-26-8-12-28(13-9-26)29-16-18-30(19-17-29)32-20-21-33(34(36)24-32)31-14-10-27(11-15-31)22-23-37-35(38)25(2)3/h10-11,14-21,24,26,28H,2,4-9,12-13,22-23H2,1,3H3,(H,37,38). The summed E-state index contributed by atoms with van der Waals surface area (Å²) in [6, 6.07) is 22.2. The topological polar surface area (TPSA) is 29.1 Å². The Morgan fingerprint density at radius 2 is 1.55 bits per heavy atom. The Balaban J connectivity index is 1.34. The van der Waals surface area contributed by atoms with E-state index in [0.717, 1.165) is 34.6 Å². The van der Waals surface area contributed by atoms with Crippen LogP contribution >= 0.6 is 0 Å². The molecule has 3 aromatic carbocycles. The number of unbranched alkanes of at least 4 members (excludes halogenated alkanes) is 2. The van der Waals surface area contributed by atoms with Crippen LogP contribution in [0.3, 0.4) is 0 Å². The number of nitrogens with one attached hydrogen (secondary N) is 1. The van der Waals surface area contributed by atoms with E-state index in [9.17, 15) is 4.79 Å². The van der Waals surface area contributed by atoms with Crippen molar-refractivity contribution in [3.8, 4) is 22.3 Å². The summed E-state index contributed by atoms with van der Waals surface area (Å²) < 4.78 is 15.2. The summed E-state index contributed by atoms with van der Waals surface area (Å²) in [5, 5.41) is 2.84. The van der Waals surface area contributed by atoms with Gasteiger partial charge in [0.15, 0.2) is 0 Å². The van der Waals surface area contributed by atoms with Gasteiger partial charge in [-0.3, -0.25) is 4.79 Å². The molecule has 0 atom stereocenters. The lowest BCUT2D eigenvalue weighted by Crippen LogP contribution is -2.25. The van der Waals surface area contributed by atoms with Gasteiger partial charge in [-0.25, -0.2) is 4.39 Å². The molecule has 3 heteroatoms. The van der Waals surface area contributed by atoms with Crippen molar-refractivity contribution in [2.24, 2.45) is 5.92 Å². The third-order valence-corrected chi connectivity index (χ3v) is 8.10. The maximum atomic E-state index is 15.2. The highest BCUT2D eigenvalue weighted by Crippen LogP contribution is 2.38. The molecule has 4 rings (SSSR count). The fraction of sp³-hybridized carbons (Fsp3) is 0.400. The van der Waals surface area contributed by atoms with Gasteiger partial charge in [0.05, 0.1) is 0 Å². The van der Waals surface area contributed by atoms with Crippen molar-refractivity contribution >= 4 is 5.91 Å². The van der Waals surface area contributed by atoms with Crippen molar-refractivity contribution in [3.63, 3.8) is 0 Å². The molecule has 0 saturated heterocycles. The zero-order chi connectivity index (χ0) is 26.9. The highest BCUT2D eigenvalue weighted by molar-refractivity contribution is 5.92. The smallest absolute Gasteiger partial charge is 0.246 e. The molecule has 1 N–H and O–H groups in total. The lowest BCUT2D eigenvalue weighted by atomic mass is 9.77. The summed E-state index contributed by atoms with van der Waals surface area (Å²) in [6.45, 7) is 8.17. The minimum atomic E-state index is -0.213. The Hall–Kier alpha value is -3.20. The molecule has 0 spiro atoms. The summed E-state index contributed by atoms with van der Waals surface area (Å²) in [5.41, 5.74) is 6.44. The van der Waals surface area contributed by atoms with Crippen LogP contribution in [0, 0.1) is 11.7 Å². The monoisotopic (exact) mass is 511 g/mol. The normalized spacial score (nSPS) is 17.2. The summed E-state index contributed by atoms with van der Waals surface area (Å²) in [5.74, 6) is 1.24. The number of carbonyl (C=O) groups excluding carboxylic acids is 1. The lowest BCUT2D eigenvalue weighted by molar-refractivity contribution is -0.117. The van der Waals surface area contributed by atoms with Crippen LogP contribution in [0.1, 0.15) is 82.3 Å². The van der Waals surface area contributed by atoms with Crippen molar-refractivity contribution in [2.45, 2.75) is 77.6 Å². The van der Waals surface area contributed by atoms with Crippen molar-refractivity contribution in [3.05, 3.63) is 95.8 Å². The molecular weight excluding hydrogens is 469 g/mol. The van der Waals surface area contributed by atoms with Gasteiger partial charge in [-0.15, -0.1) is 0 Å². The predicted octanol–water partition coefficient (Wildman–Crippen LogP) is 9.25. The Morgan fingerprint density at radius 1 is 0.895 bits per heavy atom. The van der Waals surface area contributed by atoms with Gasteiger partial charge in [-0.1, -0.05) is 99.8 Å². The second-order valence-electron chi connectivity index (χ2n) is 11.0. The first-order chi connectivity index (χ1) is 18.4. The molecular formula is C35H42FNO. The largest absolute Gasteiger partial charge is 0.352 e. The van der Waals surface area contributed by atoms with Gasteiger partial charge in [0.25, 0.3) is 0 Å². The van der Waals surface area contributed by atoms with E-state index in [2.05, 4.69) is 43.1 Å². The zero-order valence-corrected chi connectivity index (χ0v) is 23.1. The first-order valence-corrected chi connectivity index (χ1v) is 14.4. The molecule has 0 heterocycles. The summed E-state index contributed by atoms with van der Waals surface area (Å²) in [7, 11) is 0. The molecule has 0 unspecified atom stereocenters. The molecule has 1 fully saturated rings. The molecule has 1 saturated carbocycles. The van der Waals surface area contributed by atoms with Crippen LogP contribution in [-0.4, -0.2) is 12.5 Å². The molecule has 2 nitrogen and oxygen atoms in total. The van der Waals surface area contributed by atoms with E-state index >= 15 is 4.39 Å². The van der Waals surface area contributed by atoms with E-state index < -0.39 is 0 Å². The van der Waals surface area contributed by atoms with E-state index in [0.29, 0.717) is 23.6 Å². The maximum absolute atomic E-state index is 15.2. The molecule has 3 aromatic rings. The molecule has 0 aliphatic heterocycles. The van der Waals surface area contributed by atoms with E-state index in [1.54, 1.807) is 13.0 Å². The number of hydrogen-bond donors (Lipinski definition) is 1. The van der Waals surface area contributed by atoms with Crippen LogP contribution in [0.2, 0.25) is 0 Å². The first-order valence-electron chi connectivity index (χ1n) is 14.4. The van der Waals surface area contributed by atoms with Gasteiger partial charge in [0.1, 0.15) is 5.82 Å². The van der Waals surface area contributed by atoms with Crippen LogP contribution in [0.5, 0.6) is 0 Å². The van der Waals surface area contributed by atoms with Crippen LogP contribution in [0.25, 0.3) is 22.3 Å². The third-order valence-electron chi connectivity index (χ3n) is 8.10. The molecule has 200 valence electrons. The van der Waals surface area contributed by atoms with Crippen LogP contribution in [0.4, 0.5) is 4.39 Å². The van der Waals surface area contributed by atoms with Gasteiger partial charge in [-0.2, -0.15) is 0 Å². The van der Waals surface area contributed by atoms with E-state index in [-0.39, 0.29) is 11.7 Å². The number of benzene rings is 3. The van der Waals surface area contributed by atoms with Crippen molar-refractivity contribution in [1.82, 2.24) is 5.32 Å².